The van der Waals surface area contributed by atoms with Crippen LogP contribution in [0.4, 0.5) is 20.5 Å². The maximum atomic E-state index is 14.6. The molecule has 0 fully saturated rings. The molecule has 2 heterocycles. The van der Waals surface area contributed by atoms with Gasteiger partial charge in [0.05, 0.1) is 17.6 Å². The third-order valence-corrected chi connectivity index (χ3v) is 4.42. The van der Waals surface area contributed by atoms with Gasteiger partial charge in [0.25, 0.3) is 0 Å². The highest BCUT2D eigenvalue weighted by Crippen LogP contribution is 2.33. The highest BCUT2D eigenvalue weighted by Gasteiger charge is 2.21. The second kappa shape index (κ2) is 7.46. The van der Waals surface area contributed by atoms with E-state index < -0.39 is 11.6 Å². The molecule has 0 unspecified atom stereocenters. The van der Waals surface area contributed by atoms with Gasteiger partial charge in [0.15, 0.2) is 5.65 Å². The summed E-state index contributed by atoms with van der Waals surface area (Å²) in [4.78, 5) is 8.91. The van der Waals surface area contributed by atoms with Crippen LogP contribution < -0.4 is 11.1 Å². The average Bonchev–Trinajstić information content (AvgIpc) is 2.97. The van der Waals surface area contributed by atoms with Crippen LogP contribution in [0.25, 0.3) is 22.3 Å². The van der Waals surface area contributed by atoms with Gasteiger partial charge in [0.1, 0.15) is 17.5 Å². The van der Waals surface area contributed by atoms with E-state index in [1.807, 2.05) is 44.2 Å². The molecule has 2 aromatic carbocycles. The Hall–Kier alpha value is -3.55. The maximum absolute atomic E-state index is 14.6. The zero-order chi connectivity index (χ0) is 20.5. The van der Waals surface area contributed by atoms with Crippen LogP contribution in [0.15, 0.2) is 48.5 Å². The van der Waals surface area contributed by atoms with Gasteiger partial charge in [-0.1, -0.05) is 30.3 Å². The van der Waals surface area contributed by atoms with E-state index in [4.69, 9.17) is 5.73 Å². The molecule has 0 atom stereocenters. The summed E-state index contributed by atoms with van der Waals surface area (Å²) in [6.45, 7) is 4.31. The lowest BCUT2D eigenvalue weighted by Crippen LogP contribution is -2.13. The zero-order valence-corrected chi connectivity index (χ0v) is 16.0. The van der Waals surface area contributed by atoms with Gasteiger partial charge < -0.3 is 11.1 Å². The maximum Gasteiger partial charge on any atom is 0.225 e. The van der Waals surface area contributed by atoms with E-state index in [9.17, 15) is 8.78 Å². The minimum atomic E-state index is -0.726. The molecule has 0 amide bonds. The number of nitrogens with one attached hydrogen (secondary N) is 1. The largest absolute Gasteiger partial charge is 0.383 e. The van der Waals surface area contributed by atoms with Gasteiger partial charge >= 0.3 is 0 Å². The summed E-state index contributed by atoms with van der Waals surface area (Å²) >= 11 is 0. The highest BCUT2D eigenvalue weighted by molar-refractivity contribution is 5.99. The molecule has 148 valence electrons. The summed E-state index contributed by atoms with van der Waals surface area (Å²) in [5.41, 5.74) is 8.12. The first-order valence-electron chi connectivity index (χ1n) is 9.22. The summed E-state index contributed by atoms with van der Waals surface area (Å²) in [5.74, 6) is -0.769. The van der Waals surface area contributed by atoms with Crippen molar-refractivity contribution in [1.29, 1.82) is 0 Å². The summed E-state index contributed by atoms with van der Waals surface area (Å²) in [6.07, 6.45) is 0. The van der Waals surface area contributed by atoms with Crippen LogP contribution in [0.2, 0.25) is 0 Å². The van der Waals surface area contributed by atoms with E-state index in [1.165, 1.54) is 12.1 Å². The second-order valence-electron chi connectivity index (χ2n) is 7.05. The SMILES string of the molecule is CC(C)Nc1nc(-c2ccc(F)cc2F)c2c(N)n(Cc3ccccc3)nc2n1. The fraction of sp³-hybridized carbons (Fsp3) is 0.190. The van der Waals surface area contributed by atoms with Crippen LogP contribution in [0.5, 0.6) is 0 Å². The number of aromatic nitrogens is 4. The predicted octanol–water partition coefficient (Wildman–Crippen LogP) is 4.22. The number of nitrogens with zero attached hydrogens (tertiary/aromatic N) is 4. The molecule has 0 radical (unpaired) electrons. The molecule has 0 aliphatic rings. The lowest BCUT2D eigenvalue weighted by Gasteiger charge is -2.11. The van der Waals surface area contributed by atoms with E-state index in [-0.39, 0.29) is 17.3 Å². The van der Waals surface area contributed by atoms with E-state index in [2.05, 4.69) is 20.4 Å². The summed E-state index contributed by atoms with van der Waals surface area (Å²) in [5, 5.41) is 8.05. The molecule has 2 aromatic heterocycles. The molecule has 0 aliphatic heterocycles. The molecule has 0 saturated heterocycles. The third-order valence-electron chi connectivity index (χ3n) is 4.42. The molecule has 8 heteroatoms. The molecule has 4 aromatic rings. The highest BCUT2D eigenvalue weighted by atomic mass is 19.1. The van der Waals surface area contributed by atoms with Crippen LogP contribution in [-0.2, 0) is 6.54 Å². The third kappa shape index (κ3) is 3.73. The minimum absolute atomic E-state index is 0.0575. The first-order valence-corrected chi connectivity index (χ1v) is 9.22. The van der Waals surface area contributed by atoms with Crippen molar-refractivity contribution in [2.75, 3.05) is 11.1 Å². The molecule has 29 heavy (non-hydrogen) atoms. The second-order valence-corrected chi connectivity index (χ2v) is 7.05. The fourth-order valence-electron chi connectivity index (χ4n) is 3.13. The Morgan fingerprint density at radius 1 is 1.07 bits per heavy atom. The topological polar surface area (TPSA) is 81.6 Å². The van der Waals surface area contributed by atoms with E-state index >= 15 is 0 Å². The lowest BCUT2D eigenvalue weighted by atomic mass is 10.1. The Labute approximate surface area is 166 Å². The number of nitrogens with two attached hydrogens (primary N) is 1. The first-order chi connectivity index (χ1) is 13.9. The average molecular weight is 394 g/mol. The Morgan fingerprint density at radius 2 is 1.83 bits per heavy atom. The van der Waals surface area contributed by atoms with Gasteiger partial charge in [0.2, 0.25) is 5.95 Å². The number of hydrogen-bond donors (Lipinski definition) is 2. The van der Waals surface area contributed by atoms with Crippen LogP contribution in [0.1, 0.15) is 19.4 Å². The van der Waals surface area contributed by atoms with E-state index in [0.717, 1.165) is 11.6 Å². The van der Waals surface area contributed by atoms with Gasteiger partial charge in [-0.15, -0.1) is 5.10 Å². The van der Waals surface area contributed by atoms with Gasteiger partial charge in [-0.05, 0) is 31.5 Å². The fourth-order valence-corrected chi connectivity index (χ4v) is 3.13. The molecule has 3 N–H and O–H groups in total. The Kier molecular flexibility index (Phi) is 4.84. The van der Waals surface area contributed by atoms with Crippen LogP contribution in [0.3, 0.4) is 0 Å². The molecule has 4 rings (SSSR count). The molecule has 0 bridgehead atoms. The van der Waals surface area contributed by atoms with Crippen molar-refractivity contribution in [1.82, 2.24) is 19.7 Å². The molecular formula is C21H20F2N6. The molecule has 6 nitrogen and oxygen atoms in total. The standard InChI is InChI=1S/C21H20F2N6/c1-12(2)25-21-26-18(15-9-8-14(22)10-16(15)23)17-19(24)29(28-20(17)27-21)11-13-6-4-3-5-7-13/h3-10,12H,11,24H2,1-2H3,(H,25,27,28). The van der Waals surface area contributed by atoms with Crippen LogP contribution >= 0.6 is 0 Å². The van der Waals surface area contributed by atoms with Gasteiger partial charge in [-0.3, -0.25) is 0 Å². The monoisotopic (exact) mass is 394 g/mol. The smallest absolute Gasteiger partial charge is 0.225 e. The lowest BCUT2D eigenvalue weighted by molar-refractivity contribution is 0.585. The molecule has 0 saturated carbocycles. The molecule has 0 spiro atoms. The van der Waals surface area contributed by atoms with Crippen molar-refractivity contribution in [2.24, 2.45) is 0 Å². The zero-order valence-electron chi connectivity index (χ0n) is 16.0. The minimum Gasteiger partial charge on any atom is -0.383 e. The number of nitrogen functional groups attached to an aromatic ring is 1. The Morgan fingerprint density at radius 3 is 2.52 bits per heavy atom. The number of hydrogen-bond acceptors (Lipinski definition) is 5. The predicted molar refractivity (Wildman–Crippen MR) is 109 cm³/mol. The first kappa shape index (κ1) is 18.8. The van der Waals surface area contributed by atoms with Crippen molar-refractivity contribution in [2.45, 2.75) is 26.4 Å². The number of halogens is 2. The van der Waals surface area contributed by atoms with Gasteiger partial charge in [0, 0.05) is 17.7 Å². The molecule has 0 aliphatic carbocycles. The van der Waals surface area contributed by atoms with Crippen molar-refractivity contribution in [3.63, 3.8) is 0 Å². The van der Waals surface area contributed by atoms with E-state index in [0.29, 0.717) is 29.3 Å². The quantitative estimate of drug-likeness (QED) is 0.530. The summed E-state index contributed by atoms with van der Waals surface area (Å²) in [7, 11) is 0. The Bertz CT molecular complexity index is 1170. The number of anilines is 2. The van der Waals surface area contributed by atoms with Gasteiger partial charge in [-0.2, -0.15) is 4.98 Å². The summed E-state index contributed by atoms with van der Waals surface area (Å²) in [6, 6.07) is 13.1. The van der Waals surface area contributed by atoms with E-state index in [1.54, 1.807) is 4.68 Å². The van der Waals surface area contributed by atoms with Crippen molar-refractivity contribution >= 4 is 22.8 Å². The normalized spacial score (nSPS) is 11.3. The summed E-state index contributed by atoms with van der Waals surface area (Å²) < 4.78 is 29.6. The van der Waals surface area contributed by atoms with Crippen LogP contribution in [-0.4, -0.2) is 25.8 Å². The van der Waals surface area contributed by atoms with Crippen molar-refractivity contribution in [3.05, 3.63) is 65.7 Å². The van der Waals surface area contributed by atoms with Gasteiger partial charge in [-0.25, -0.2) is 18.4 Å². The van der Waals surface area contributed by atoms with Crippen molar-refractivity contribution < 1.29 is 8.78 Å². The van der Waals surface area contributed by atoms with Crippen molar-refractivity contribution in [3.8, 4) is 11.3 Å². The molecular weight excluding hydrogens is 374 g/mol. The number of rotatable bonds is 5. The number of fused-ring (bicyclic) bond motifs is 1. The van der Waals surface area contributed by atoms with Crippen LogP contribution in [0, 0.1) is 11.6 Å². The Balaban J connectivity index is 1.92. The number of benzene rings is 2.